The highest BCUT2D eigenvalue weighted by atomic mass is 32.2. The van der Waals surface area contributed by atoms with E-state index in [-0.39, 0.29) is 25.0 Å². The molecule has 1 aromatic carbocycles. The standard InChI is InChI=1S/C26H26N6O6S3/c1-3-15-16(4-2)37-19(13-35-15)23(33)27-25-31-29-21(40-25)9-11-39-12-10-22-30-32-26(41-22)28-24(34)20-14-36-17-7-5-6-8-18(17)38-20/h3-8,19-20H,1-2,9-14H2,(H,27,31,33)(H,28,32,34). The number of anilines is 2. The van der Waals surface area contributed by atoms with Crippen molar-refractivity contribution in [2.45, 2.75) is 25.0 Å². The Labute approximate surface area is 247 Å². The third-order valence-corrected chi connectivity index (χ3v) is 8.46. The number of ether oxygens (including phenoxy) is 4. The van der Waals surface area contributed by atoms with Crippen LogP contribution in [0.3, 0.4) is 0 Å². The van der Waals surface area contributed by atoms with E-state index in [1.54, 1.807) is 23.9 Å². The van der Waals surface area contributed by atoms with E-state index in [2.05, 4.69) is 44.2 Å². The molecule has 15 heteroatoms. The average molecular weight is 615 g/mol. The van der Waals surface area contributed by atoms with Crippen LogP contribution in [0.4, 0.5) is 10.3 Å². The highest BCUT2D eigenvalue weighted by Crippen LogP contribution is 2.31. The molecule has 0 aliphatic carbocycles. The molecule has 0 saturated heterocycles. The fourth-order valence-corrected chi connectivity index (χ4v) is 6.29. The van der Waals surface area contributed by atoms with Crippen LogP contribution in [0.5, 0.6) is 11.5 Å². The van der Waals surface area contributed by atoms with Crippen LogP contribution >= 0.6 is 34.4 Å². The summed E-state index contributed by atoms with van der Waals surface area (Å²) in [4.78, 5) is 25.1. The SMILES string of the molecule is C=CC1=C(C=C)OC(C(=O)Nc2nnc(CCSCCc3nnc(NC(=O)C4COc5ccccc5O4)s3)s2)CO1. The first-order valence-electron chi connectivity index (χ1n) is 12.5. The van der Waals surface area contributed by atoms with Crippen LogP contribution < -0.4 is 20.1 Å². The maximum atomic E-state index is 12.6. The summed E-state index contributed by atoms with van der Waals surface area (Å²) in [7, 11) is 0. The molecule has 2 atom stereocenters. The number of amides is 2. The number of allylic oxidation sites excluding steroid dienone is 2. The molecular formula is C26H26N6O6S3. The molecule has 5 rings (SSSR count). The summed E-state index contributed by atoms with van der Waals surface area (Å²) >= 11 is 4.39. The van der Waals surface area contributed by atoms with Gasteiger partial charge in [0.25, 0.3) is 11.8 Å². The minimum absolute atomic E-state index is 0.0637. The fraction of sp³-hybridized carbons (Fsp3) is 0.308. The van der Waals surface area contributed by atoms with Crippen molar-refractivity contribution in [2.75, 3.05) is 35.4 Å². The van der Waals surface area contributed by atoms with Crippen molar-refractivity contribution < 1.29 is 28.5 Å². The number of nitrogens with zero attached hydrogens (tertiary/aromatic N) is 4. The van der Waals surface area contributed by atoms with Crippen molar-refractivity contribution in [1.29, 1.82) is 0 Å². The van der Waals surface area contributed by atoms with Gasteiger partial charge in [-0.1, -0.05) is 48.0 Å². The molecule has 214 valence electrons. The van der Waals surface area contributed by atoms with Crippen LogP contribution in [-0.2, 0) is 31.9 Å². The van der Waals surface area contributed by atoms with E-state index in [0.29, 0.717) is 46.1 Å². The van der Waals surface area contributed by atoms with E-state index in [9.17, 15) is 9.59 Å². The van der Waals surface area contributed by atoms with Gasteiger partial charge in [0.1, 0.15) is 23.2 Å². The molecule has 0 spiro atoms. The summed E-state index contributed by atoms with van der Waals surface area (Å²) < 4.78 is 22.5. The van der Waals surface area contributed by atoms with E-state index in [1.807, 2.05) is 12.1 Å². The molecule has 2 amide bonds. The lowest BCUT2D eigenvalue weighted by atomic mass is 10.2. The minimum atomic E-state index is -0.823. The van der Waals surface area contributed by atoms with E-state index in [0.717, 1.165) is 21.5 Å². The van der Waals surface area contributed by atoms with Gasteiger partial charge in [-0.25, -0.2) is 0 Å². The molecule has 0 bridgehead atoms. The average Bonchev–Trinajstić information content (AvgIpc) is 3.65. The first-order valence-corrected chi connectivity index (χ1v) is 15.3. The van der Waals surface area contributed by atoms with E-state index < -0.39 is 12.2 Å². The molecule has 2 aliphatic heterocycles. The van der Waals surface area contributed by atoms with Crippen LogP contribution in [0.2, 0.25) is 0 Å². The molecule has 12 nitrogen and oxygen atoms in total. The number of para-hydroxylation sites is 2. The van der Waals surface area contributed by atoms with Gasteiger partial charge >= 0.3 is 0 Å². The largest absolute Gasteiger partial charge is 0.485 e. The zero-order chi connectivity index (χ0) is 28.6. The Balaban J connectivity index is 0.993. The number of aryl methyl sites for hydroxylation is 2. The lowest BCUT2D eigenvalue weighted by molar-refractivity contribution is -0.129. The van der Waals surface area contributed by atoms with Gasteiger partial charge in [-0.2, -0.15) is 11.8 Å². The van der Waals surface area contributed by atoms with Crippen molar-refractivity contribution >= 4 is 56.5 Å². The summed E-state index contributed by atoms with van der Waals surface area (Å²) in [5, 5.41) is 24.4. The number of hydrogen-bond donors (Lipinski definition) is 2. The lowest BCUT2D eigenvalue weighted by Crippen LogP contribution is -2.40. The Kier molecular flexibility index (Phi) is 9.48. The quantitative estimate of drug-likeness (QED) is 0.288. The molecule has 2 aromatic heterocycles. The van der Waals surface area contributed by atoms with Crippen molar-refractivity contribution in [3.05, 3.63) is 71.1 Å². The first-order chi connectivity index (χ1) is 20.0. The number of nitrogens with one attached hydrogen (secondary N) is 2. The first kappa shape index (κ1) is 28.6. The van der Waals surface area contributed by atoms with Gasteiger partial charge in [0.2, 0.25) is 22.5 Å². The molecule has 41 heavy (non-hydrogen) atoms. The molecule has 2 aliphatic rings. The van der Waals surface area contributed by atoms with Crippen LogP contribution in [-0.4, -0.2) is 69.1 Å². The highest BCUT2D eigenvalue weighted by Gasteiger charge is 2.29. The van der Waals surface area contributed by atoms with Gasteiger partial charge in [-0.3, -0.25) is 20.2 Å². The number of rotatable bonds is 12. The normalized spacial score (nSPS) is 17.7. The predicted octanol–water partition coefficient (Wildman–Crippen LogP) is 3.62. The Morgan fingerprint density at radius 3 is 2.00 bits per heavy atom. The van der Waals surface area contributed by atoms with Gasteiger partial charge in [-0.05, 0) is 35.8 Å². The maximum absolute atomic E-state index is 12.6. The molecule has 0 saturated carbocycles. The molecule has 2 N–H and O–H groups in total. The maximum Gasteiger partial charge on any atom is 0.270 e. The number of aromatic nitrogens is 4. The Morgan fingerprint density at radius 1 is 0.829 bits per heavy atom. The number of carbonyl (C=O) groups excluding carboxylic acids is 2. The van der Waals surface area contributed by atoms with Crippen LogP contribution in [0.25, 0.3) is 0 Å². The Bertz CT molecular complexity index is 1460. The summed E-state index contributed by atoms with van der Waals surface area (Å²) in [6, 6.07) is 7.23. The van der Waals surface area contributed by atoms with Crippen LogP contribution in [0.15, 0.2) is 61.1 Å². The highest BCUT2D eigenvalue weighted by molar-refractivity contribution is 7.99. The number of benzene rings is 1. The summed E-state index contributed by atoms with van der Waals surface area (Å²) in [5.41, 5.74) is 0. The zero-order valence-electron chi connectivity index (χ0n) is 21.7. The van der Waals surface area contributed by atoms with Gasteiger partial charge in [0.05, 0.1) is 0 Å². The number of hydrogen-bond acceptors (Lipinski definition) is 13. The molecule has 0 radical (unpaired) electrons. The van der Waals surface area contributed by atoms with E-state index in [1.165, 1.54) is 34.8 Å². The van der Waals surface area contributed by atoms with Crippen molar-refractivity contribution in [1.82, 2.24) is 20.4 Å². The zero-order valence-corrected chi connectivity index (χ0v) is 24.2. The van der Waals surface area contributed by atoms with Crippen molar-refractivity contribution in [3.63, 3.8) is 0 Å². The number of fused-ring (bicyclic) bond motifs is 1. The van der Waals surface area contributed by atoms with Crippen LogP contribution in [0.1, 0.15) is 10.0 Å². The third kappa shape index (κ3) is 7.42. The molecule has 2 unspecified atom stereocenters. The Hall–Kier alpha value is -3.95. The minimum Gasteiger partial charge on any atom is -0.485 e. The van der Waals surface area contributed by atoms with Gasteiger partial charge in [0.15, 0.2) is 23.0 Å². The van der Waals surface area contributed by atoms with E-state index in [4.69, 9.17) is 18.9 Å². The van der Waals surface area contributed by atoms with Crippen molar-refractivity contribution in [3.8, 4) is 11.5 Å². The summed E-state index contributed by atoms with van der Waals surface area (Å²) in [6.07, 6.45) is 2.82. The van der Waals surface area contributed by atoms with Crippen molar-refractivity contribution in [2.24, 2.45) is 0 Å². The summed E-state index contributed by atoms with van der Waals surface area (Å²) in [6.45, 7) is 7.50. The topological polar surface area (TPSA) is 147 Å². The van der Waals surface area contributed by atoms with Gasteiger partial charge in [0, 0.05) is 12.8 Å². The second kappa shape index (κ2) is 13.6. The second-order valence-electron chi connectivity index (χ2n) is 8.51. The Morgan fingerprint density at radius 2 is 1.39 bits per heavy atom. The number of carbonyl (C=O) groups is 2. The second-order valence-corrected chi connectivity index (χ2v) is 11.9. The monoisotopic (exact) mass is 614 g/mol. The molecule has 0 fully saturated rings. The smallest absolute Gasteiger partial charge is 0.270 e. The van der Waals surface area contributed by atoms with E-state index >= 15 is 0 Å². The molecule has 4 heterocycles. The van der Waals surface area contributed by atoms with Gasteiger partial charge in [-0.15, -0.1) is 20.4 Å². The predicted molar refractivity (Wildman–Crippen MR) is 156 cm³/mol. The fourth-order valence-electron chi connectivity index (χ4n) is 3.67. The molecular weight excluding hydrogens is 589 g/mol. The lowest BCUT2D eigenvalue weighted by Gasteiger charge is -2.25. The molecule has 3 aromatic rings. The van der Waals surface area contributed by atoms with Gasteiger partial charge < -0.3 is 18.9 Å². The van der Waals surface area contributed by atoms with Crippen LogP contribution in [0, 0.1) is 0 Å². The number of thioether (sulfide) groups is 1. The summed E-state index contributed by atoms with van der Waals surface area (Å²) in [5.74, 6) is 2.92. The third-order valence-electron chi connectivity index (χ3n) is 5.68.